The van der Waals surface area contributed by atoms with Gasteiger partial charge in [-0.2, -0.15) is 0 Å². The van der Waals surface area contributed by atoms with Crippen LogP contribution in [-0.4, -0.2) is 0 Å². The summed E-state index contributed by atoms with van der Waals surface area (Å²) in [6.07, 6.45) is 0. The van der Waals surface area contributed by atoms with E-state index in [1.807, 2.05) is 0 Å². The summed E-state index contributed by atoms with van der Waals surface area (Å²) in [6, 6.07) is 61.5. The molecule has 10 aromatic rings. The van der Waals surface area contributed by atoms with Crippen molar-refractivity contribution >= 4 is 65.0 Å². The highest BCUT2D eigenvalue weighted by molar-refractivity contribution is 6.24. The predicted molar refractivity (Wildman–Crippen MR) is 200 cm³/mol. The van der Waals surface area contributed by atoms with Gasteiger partial charge in [0.15, 0.2) is 0 Å². The third kappa shape index (κ3) is 3.90. The number of fused-ring (bicyclic) bond motifs is 8. The van der Waals surface area contributed by atoms with Gasteiger partial charge < -0.3 is 4.42 Å². The Bertz CT molecular complexity index is 2770. The lowest BCUT2D eigenvalue weighted by Crippen LogP contribution is -1.91. The van der Waals surface area contributed by atoms with Crippen LogP contribution in [0.1, 0.15) is 0 Å². The van der Waals surface area contributed by atoms with Crippen LogP contribution in [0.5, 0.6) is 0 Å². The fraction of sp³-hybridized carbons (Fsp3) is 0. The second-order valence-corrected chi connectivity index (χ2v) is 12.4. The molecule has 0 saturated carbocycles. The van der Waals surface area contributed by atoms with Gasteiger partial charge >= 0.3 is 0 Å². The summed E-state index contributed by atoms with van der Waals surface area (Å²) in [6.45, 7) is 0. The van der Waals surface area contributed by atoms with Crippen LogP contribution in [0.15, 0.2) is 174 Å². The van der Waals surface area contributed by atoms with E-state index in [1.54, 1.807) is 0 Å². The minimum atomic E-state index is 0.916. The quantitative estimate of drug-likeness (QED) is 0.185. The van der Waals surface area contributed by atoms with E-state index in [9.17, 15) is 0 Å². The molecule has 0 N–H and O–H groups in total. The molecule has 0 radical (unpaired) electrons. The number of benzene rings is 9. The van der Waals surface area contributed by atoms with Gasteiger partial charge in [0.05, 0.1) is 0 Å². The van der Waals surface area contributed by atoms with Gasteiger partial charge in [-0.05, 0) is 88.6 Å². The summed E-state index contributed by atoms with van der Waals surface area (Å²) in [7, 11) is 0. The molecule has 218 valence electrons. The Kier molecular flexibility index (Phi) is 5.64. The number of rotatable bonds is 3. The van der Waals surface area contributed by atoms with Crippen LogP contribution in [0.4, 0.5) is 0 Å². The molecule has 0 amide bonds. The minimum Gasteiger partial charge on any atom is -0.456 e. The van der Waals surface area contributed by atoms with Crippen LogP contribution < -0.4 is 0 Å². The maximum Gasteiger partial charge on any atom is 0.136 e. The SMILES string of the molecule is c1ccc2c(-c3c4ccccc4c(-c4ccc(-c5cccc6oc7ccc8ccccc8c7c56)cc4)c4ccccc34)cccc2c1. The molecule has 0 aliphatic carbocycles. The highest BCUT2D eigenvalue weighted by Crippen LogP contribution is 2.46. The first-order chi connectivity index (χ1) is 23.3. The van der Waals surface area contributed by atoms with Crippen molar-refractivity contribution in [3.8, 4) is 33.4 Å². The zero-order valence-corrected chi connectivity index (χ0v) is 25.6. The molecule has 10 rings (SSSR count). The number of hydrogen-bond acceptors (Lipinski definition) is 1. The minimum absolute atomic E-state index is 0.916. The molecule has 9 aromatic carbocycles. The topological polar surface area (TPSA) is 13.1 Å². The smallest absolute Gasteiger partial charge is 0.136 e. The fourth-order valence-corrected chi connectivity index (χ4v) is 7.82. The van der Waals surface area contributed by atoms with Gasteiger partial charge in [-0.25, -0.2) is 0 Å². The summed E-state index contributed by atoms with van der Waals surface area (Å²) < 4.78 is 6.39. The number of hydrogen-bond donors (Lipinski definition) is 0. The van der Waals surface area contributed by atoms with Crippen LogP contribution in [0.25, 0.3) is 98.4 Å². The van der Waals surface area contributed by atoms with Crippen LogP contribution in [0.2, 0.25) is 0 Å². The third-order valence-corrected chi connectivity index (χ3v) is 9.86. The Morgan fingerprint density at radius 3 is 1.47 bits per heavy atom. The molecule has 1 nitrogen and oxygen atoms in total. The Labute approximate surface area is 271 Å². The third-order valence-electron chi connectivity index (χ3n) is 9.86. The Hall–Kier alpha value is -6.18. The zero-order chi connectivity index (χ0) is 30.9. The first-order valence-electron chi connectivity index (χ1n) is 16.2. The lowest BCUT2D eigenvalue weighted by molar-refractivity contribution is 0.669. The van der Waals surface area contributed by atoms with E-state index < -0.39 is 0 Å². The lowest BCUT2D eigenvalue weighted by Gasteiger charge is -2.19. The van der Waals surface area contributed by atoms with Gasteiger partial charge in [0.1, 0.15) is 11.2 Å². The van der Waals surface area contributed by atoms with E-state index in [-0.39, 0.29) is 0 Å². The van der Waals surface area contributed by atoms with E-state index >= 15 is 0 Å². The van der Waals surface area contributed by atoms with Crippen molar-refractivity contribution in [3.05, 3.63) is 170 Å². The highest BCUT2D eigenvalue weighted by atomic mass is 16.3. The monoisotopic (exact) mass is 596 g/mol. The van der Waals surface area contributed by atoms with Crippen molar-refractivity contribution in [2.24, 2.45) is 0 Å². The maximum absolute atomic E-state index is 6.39. The first-order valence-corrected chi connectivity index (χ1v) is 16.2. The average Bonchev–Trinajstić information content (AvgIpc) is 3.53. The van der Waals surface area contributed by atoms with Crippen molar-refractivity contribution in [1.82, 2.24) is 0 Å². The van der Waals surface area contributed by atoms with E-state index in [0.29, 0.717) is 0 Å². The molecule has 1 aromatic heterocycles. The van der Waals surface area contributed by atoms with Crippen molar-refractivity contribution in [2.75, 3.05) is 0 Å². The summed E-state index contributed by atoms with van der Waals surface area (Å²) >= 11 is 0. The van der Waals surface area contributed by atoms with Crippen molar-refractivity contribution < 1.29 is 4.42 Å². The normalized spacial score (nSPS) is 11.8. The molecule has 1 heterocycles. The predicted octanol–water partition coefficient (Wildman–Crippen LogP) is 13.2. The molecule has 0 aliphatic rings. The maximum atomic E-state index is 6.39. The summed E-state index contributed by atoms with van der Waals surface area (Å²) in [5.41, 5.74) is 9.24. The van der Waals surface area contributed by atoms with Crippen LogP contribution in [-0.2, 0) is 0 Å². The first kappa shape index (κ1) is 26.1. The van der Waals surface area contributed by atoms with Crippen LogP contribution in [0, 0.1) is 0 Å². The lowest BCUT2D eigenvalue weighted by atomic mass is 9.84. The van der Waals surface area contributed by atoms with E-state index in [0.717, 1.165) is 11.2 Å². The molecule has 0 fully saturated rings. The molecule has 0 spiro atoms. The standard InChI is InChI=1S/C46H28O/c1-3-14-33-29(11-1)13-9-21-36(33)44-39-18-7-5-16-37(39)43(38-17-6-8-19-40(38)44)32-25-23-31(24-26-32)35-20-10-22-41-45(35)46-34-15-4-2-12-30(34)27-28-42(46)47-41/h1-28H. The molecular weight excluding hydrogens is 569 g/mol. The van der Waals surface area contributed by atoms with Crippen LogP contribution in [0.3, 0.4) is 0 Å². The molecular formula is C46H28O. The van der Waals surface area contributed by atoms with Gasteiger partial charge in [-0.1, -0.05) is 158 Å². The zero-order valence-electron chi connectivity index (χ0n) is 25.6. The van der Waals surface area contributed by atoms with Crippen molar-refractivity contribution in [1.29, 1.82) is 0 Å². The van der Waals surface area contributed by atoms with Crippen LogP contribution >= 0.6 is 0 Å². The van der Waals surface area contributed by atoms with Gasteiger partial charge in [0.2, 0.25) is 0 Å². The summed E-state index contributed by atoms with van der Waals surface area (Å²) in [4.78, 5) is 0. The average molecular weight is 597 g/mol. The highest BCUT2D eigenvalue weighted by Gasteiger charge is 2.19. The molecule has 0 atom stereocenters. The van der Waals surface area contributed by atoms with Crippen molar-refractivity contribution in [3.63, 3.8) is 0 Å². The van der Waals surface area contributed by atoms with E-state index in [2.05, 4.69) is 170 Å². The molecule has 47 heavy (non-hydrogen) atoms. The van der Waals surface area contributed by atoms with Gasteiger partial charge in [0.25, 0.3) is 0 Å². The van der Waals surface area contributed by atoms with Gasteiger partial charge in [-0.15, -0.1) is 0 Å². The molecule has 0 saturated heterocycles. The largest absolute Gasteiger partial charge is 0.456 e. The summed E-state index contributed by atoms with van der Waals surface area (Å²) in [5.74, 6) is 0. The van der Waals surface area contributed by atoms with Gasteiger partial charge in [-0.3, -0.25) is 0 Å². The Morgan fingerprint density at radius 2 is 0.766 bits per heavy atom. The summed E-state index contributed by atoms with van der Waals surface area (Å²) in [5, 5.41) is 12.4. The van der Waals surface area contributed by atoms with Gasteiger partial charge in [0, 0.05) is 10.8 Å². The molecule has 0 aliphatic heterocycles. The van der Waals surface area contributed by atoms with E-state index in [1.165, 1.54) is 87.2 Å². The molecule has 1 heteroatoms. The van der Waals surface area contributed by atoms with E-state index in [4.69, 9.17) is 4.42 Å². The number of furan rings is 1. The second-order valence-electron chi connectivity index (χ2n) is 12.4. The van der Waals surface area contributed by atoms with Crippen molar-refractivity contribution in [2.45, 2.75) is 0 Å². The fourth-order valence-electron chi connectivity index (χ4n) is 7.82. The Balaban J connectivity index is 1.20. The second kappa shape index (κ2) is 10.2. The molecule has 0 unspecified atom stereocenters. The molecule has 0 bridgehead atoms. The Morgan fingerprint density at radius 1 is 0.277 bits per heavy atom.